The molecule has 0 radical (unpaired) electrons. The fraction of sp³-hybridized carbons (Fsp3) is 0.391. The largest absolute Gasteiger partial charge is 0.357 e. The SMILES string of the molecule is CCNC(=NCc1ccc(C(=O)N(C)C)cc1)NC1CC1c1ccccc1C. The number of aliphatic imine (C=N–C) groups is 1. The van der Waals surface area contributed by atoms with Crippen LogP contribution >= 0.6 is 0 Å². The minimum absolute atomic E-state index is 0.0148. The van der Waals surface area contributed by atoms with Crippen LogP contribution in [0.1, 0.15) is 46.3 Å². The first-order valence-electron chi connectivity index (χ1n) is 9.90. The summed E-state index contributed by atoms with van der Waals surface area (Å²) in [5.41, 5.74) is 4.56. The van der Waals surface area contributed by atoms with Crippen molar-refractivity contribution in [2.24, 2.45) is 4.99 Å². The molecule has 5 nitrogen and oxygen atoms in total. The summed E-state index contributed by atoms with van der Waals surface area (Å²) < 4.78 is 0. The van der Waals surface area contributed by atoms with Gasteiger partial charge in [0.15, 0.2) is 5.96 Å². The molecule has 1 amide bonds. The monoisotopic (exact) mass is 378 g/mol. The Morgan fingerprint density at radius 2 is 1.86 bits per heavy atom. The number of nitrogens with one attached hydrogen (secondary N) is 2. The summed E-state index contributed by atoms with van der Waals surface area (Å²) in [7, 11) is 3.52. The van der Waals surface area contributed by atoms with E-state index in [1.54, 1.807) is 19.0 Å². The van der Waals surface area contributed by atoms with Crippen molar-refractivity contribution in [2.75, 3.05) is 20.6 Å². The molecule has 28 heavy (non-hydrogen) atoms. The van der Waals surface area contributed by atoms with E-state index in [0.717, 1.165) is 24.5 Å². The second-order valence-electron chi connectivity index (χ2n) is 7.54. The fourth-order valence-corrected chi connectivity index (χ4v) is 3.38. The highest BCUT2D eigenvalue weighted by Gasteiger charge is 2.39. The van der Waals surface area contributed by atoms with Gasteiger partial charge in [-0.15, -0.1) is 0 Å². The van der Waals surface area contributed by atoms with E-state index in [1.807, 2.05) is 24.3 Å². The second-order valence-corrected chi connectivity index (χ2v) is 7.54. The van der Waals surface area contributed by atoms with Crippen LogP contribution in [-0.2, 0) is 6.54 Å². The van der Waals surface area contributed by atoms with Crippen molar-refractivity contribution in [3.63, 3.8) is 0 Å². The van der Waals surface area contributed by atoms with Gasteiger partial charge >= 0.3 is 0 Å². The van der Waals surface area contributed by atoms with Crippen molar-refractivity contribution in [3.05, 3.63) is 70.8 Å². The van der Waals surface area contributed by atoms with Gasteiger partial charge in [0.05, 0.1) is 6.54 Å². The fourth-order valence-electron chi connectivity index (χ4n) is 3.38. The number of amides is 1. The maximum absolute atomic E-state index is 12.0. The summed E-state index contributed by atoms with van der Waals surface area (Å²) in [6, 6.07) is 16.7. The Balaban J connectivity index is 1.61. The molecular formula is C23H30N4O. The molecule has 0 saturated heterocycles. The van der Waals surface area contributed by atoms with Gasteiger partial charge in [-0.3, -0.25) is 4.79 Å². The number of carbonyl (C=O) groups is 1. The molecule has 148 valence electrons. The number of guanidine groups is 1. The third kappa shape index (κ3) is 4.91. The number of hydrogen-bond donors (Lipinski definition) is 2. The molecule has 0 spiro atoms. The molecule has 1 aliphatic rings. The molecule has 2 atom stereocenters. The summed E-state index contributed by atoms with van der Waals surface area (Å²) in [5, 5.41) is 6.89. The highest BCUT2D eigenvalue weighted by atomic mass is 16.2. The molecule has 2 unspecified atom stereocenters. The van der Waals surface area contributed by atoms with Crippen LogP contribution in [-0.4, -0.2) is 43.4 Å². The standard InChI is InChI=1S/C23H30N4O/c1-5-24-23(26-21-14-20(21)19-9-7-6-8-16(19)2)25-15-17-10-12-18(13-11-17)22(28)27(3)4/h6-13,20-21H,5,14-15H2,1-4H3,(H2,24,25,26). The maximum Gasteiger partial charge on any atom is 0.253 e. The molecular weight excluding hydrogens is 348 g/mol. The van der Waals surface area contributed by atoms with Gasteiger partial charge in [-0.1, -0.05) is 36.4 Å². The Kier molecular flexibility index (Phi) is 6.34. The Labute approximate surface area is 167 Å². The van der Waals surface area contributed by atoms with Gasteiger partial charge in [0.1, 0.15) is 0 Å². The van der Waals surface area contributed by atoms with Crippen molar-refractivity contribution in [2.45, 2.75) is 38.8 Å². The lowest BCUT2D eigenvalue weighted by atomic mass is 10.0. The summed E-state index contributed by atoms with van der Waals surface area (Å²) in [4.78, 5) is 18.3. The van der Waals surface area contributed by atoms with Gasteiger partial charge in [-0.2, -0.15) is 0 Å². The van der Waals surface area contributed by atoms with Gasteiger partial charge < -0.3 is 15.5 Å². The predicted molar refractivity (Wildman–Crippen MR) is 115 cm³/mol. The number of nitrogens with zero attached hydrogens (tertiary/aromatic N) is 2. The Morgan fingerprint density at radius 1 is 1.14 bits per heavy atom. The first-order valence-corrected chi connectivity index (χ1v) is 9.90. The van der Waals surface area contributed by atoms with Crippen molar-refractivity contribution in [1.82, 2.24) is 15.5 Å². The third-order valence-electron chi connectivity index (χ3n) is 5.07. The van der Waals surface area contributed by atoms with Crippen LogP contribution in [0.3, 0.4) is 0 Å². The number of aryl methyl sites for hydroxylation is 1. The van der Waals surface area contributed by atoms with E-state index in [9.17, 15) is 4.79 Å². The highest BCUT2D eigenvalue weighted by molar-refractivity contribution is 5.93. The average molecular weight is 379 g/mol. The molecule has 2 aromatic rings. The first-order chi connectivity index (χ1) is 13.5. The minimum atomic E-state index is 0.0148. The van der Waals surface area contributed by atoms with Crippen LogP contribution < -0.4 is 10.6 Å². The van der Waals surface area contributed by atoms with Gasteiger partial charge in [-0.05, 0) is 49.1 Å². The summed E-state index contributed by atoms with van der Waals surface area (Å²) in [6.45, 7) is 5.65. The van der Waals surface area contributed by atoms with E-state index in [1.165, 1.54) is 11.1 Å². The van der Waals surface area contributed by atoms with Gasteiger partial charge in [0.25, 0.3) is 5.91 Å². The van der Waals surface area contributed by atoms with E-state index in [2.05, 4.69) is 48.7 Å². The lowest BCUT2D eigenvalue weighted by molar-refractivity contribution is 0.0827. The van der Waals surface area contributed by atoms with Crippen LogP contribution in [0.5, 0.6) is 0 Å². The Bertz CT molecular complexity index is 842. The molecule has 1 fully saturated rings. The molecule has 0 aliphatic heterocycles. The quantitative estimate of drug-likeness (QED) is 0.599. The van der Waals surface area contributed by atoms with Crippen LogP contribution in [0.15, 0.2) is 53.5 Å². The summed E-state index contributed by atoms with van der Waals surface area (Å²) >= 11 is 0. The summed E-state index contributed by atoms with van der Waals surface area (Å²) in [6.07, 6.45) is 1.14. The molecule has 0 aromatic heterocycles. The third-order valence-corrected chi connectivity index (χ3v) is 5.07. The Hall–Kier alpha value is -2.82. The minimum Gasteiger partial charge on any atom is -0.357 e. The molecule has 1 aliphatic carbocycles. The molecule has 3 rings (SSSR count). The number of carbonyl (C=O) groups excluding carboxylic acids is 1. The van der Waals surface area contributed by atoms with Gasteiger partial charge in [0, 0.05) is 38.2 Å². The lowest BCUT2D eigenvalue weighted by Crippen LogP contribution is -2.39. The molecule has 2 N–H and O–H groups in total. The topological polar surface area (TPSA) is 56.7 Å². The van der Waals surface area contributed by atoms with Crippen molar-refractivity contribution in [3.8, 4) is 0 Å². The van der Waals surface area contributed by atoms with E-state index in [0.29, 0.717) is 24.1 Å². The molecule has 0 bridgehead atoms. The van der Waals surface area contributed by atoms with Crippen molar-refractivity contribution in [1.29, 1.82) is 0 Å². The zero-order valence-corrected chi connectivity index (χ0v) is 17.2. The second kappa shape index (κ2) is 8.91. The van der Waals surface area contributed by atoms with E-state index < -0.39 is 0 Å². The predicted octanol–water partition coefficient (Wildman–Crippen LogP) is 3.31. The average Bonchev–Trinajstić information content (AvgIpc) is 3.45. The highest BCUT2D eigenvalue weighted by Crippen LogP contribution is 2.42. The van der Waals surface area contributed by atoms with Crippen LogP contribution in [0.25, 0.3) is 0 Å². The van der Waals surface area contributed by atoms with Gasteiger partial charge in [-0.25, -0.2) is 4.99 Å². The summed E-state index contributed by atoms with van der Waals surface area (Å²) in [5.74, 6) is 1.42. The maximum atomic E-state index is 12.0. The molecule has 2 aromatic carbocycles. The van der Waals surface area contributed by atoms with E-state index in [-0.39, 0.29) is 5.91 Å². The zero-order chi connectivity index (χ0) is 20.1. The van der Waals surface area contributed by atoms with Crippen LogP contribution in [0.4, 0.5) is 0 Å². The van der Waals surface area contributed by atoms with Crippen LogP contribution in [0.2, 0.25) is 0 Å². The smallest absolute Gasteiger partial charge is 0.253 e. The van der Waals surface area contributed by atoms with Crippen molar-refractivity contribution < 1.29 is 4.79 Å². The molecule has 0 heterocycles. The van der Waals surface area contributed by atoms with E-state index in [4.69, 9.17) is 4.99 Å². The lowest BCUT2D eigenvalue weighted by Gasteiger charge is -2.12. The Morgan fingerprint density at radius 3 is 2.50 bits per heavy atom. The molecule has 5 heteroatoms. The van der Waals surface area contributed by atoms with Crippen LogP contribution in [0, 0.1) is 6.92 Å². The number of benzene rings is 2. The van der Waals surface area contributed by atoms with Crippen molar-refractivity contribution >= 4 is 11.9 Å². The number of hydrogen-bond acceptors (Lipinski definition) is 2. The number of rotatable bonds is 6. The molecule has 1 saturated carbocycles. The normalized spacial score (nSPS) is 18.5. The zero-order valence-electron chi connectivity index (χ0n) is 17.2. The van der Waals surface area contributed by atoms with E-state index >= 15 is 0 Å². The van der Waals surface area contributed by atoms with Gasteiger partial charge in [0.2, 0.25) is 0 Å². The first kappa shape index (κ1) is 19.9.